The van der Waals surface area contributed by atoms with Gasteiger partial charge in [0, 0.05) is 0 Å². The summed E-state index contributed by atoms with van der Waals surface area (Å²) in [5.41, 5.74) is 0.269. The fourth-order valence-electron chi connectivity index (χ4n) is 4.67. The topological polar surface area (TPSA) is 0 Å². The minimum Gasteiger partial charge on any atom is -0.0654 e. The Kier molecular flexibility index (Phi) is 9.10. The van der Waals surface area contributed by atoms with Crippen molar-refractivity contribution in [1.82, 2.24) is 0 Å². The molecule has 0 nitrogen and oxygen atoms in total. The molecule has 4 aromatic carbocycles. The van der Waals surface area contributed by atoms with Crippen LogP contribution in [-0.2, 0) is 0 Å². The van der Waals surface area contributed by atoms with Crippen molar-refractivity contribution in [2.45, 2.75) is 33.1 Å². The molecular weight excluding hydrogens is 446 g/mol. The largest absolute Gasteiger partial charge is 0.0654 e. The Morgan fingerprint density at radius 2 is 0.794 bits per heavy atom. The van der Waals surface area contributed by atoms with Crippen LogP contribution >= 0.6 is 15.8 Å². The van der Waals surface area contributed by atoms with Crippen LogP contribution < -0.4 is 21.2 Å². The van der Waals surface area contributed by atoms with Crippen molar-refractivity contribution >= 4 is 37.1 Å². The maximum Gasteiger partial charge on any atom is -0.0187 e. The van der Waals surface area contributed by atoms with Crippen LogP contribution in [0.25, 0.3) is 0 Å². The van der Waals surface area contributed by atoms with Crippen LogP contribution in [0.3, 0.4) is 0 Å². The lowest BCUT2D eigenvalue weighted by Gasteiger charge is -2.37. The van der Waals surface area contributed by atoms with Crippen molar-refractivity contribution in [3.63, 3.8) is 0 Å². The molecule has 0 saturated carbocycles. The zero-order chi connectivity index (χ0) is 23.6. The smallest absolute Gasteiger partial charge is 0.0187 e. The Labute approximate surface area is 209 Å². The molecule has 0 bridgehead atoms. The van der Waals surface area contributed by atoms with E-state index in [1.165, 1.54) is 52.8 Å². The number of hydrogen-bond acceptors (Lipinski definition) is 0. The van der Waals surface area contributed by atoms with Gasteiger partial charge in [-0.25, -0.2) is 0 Å². The molecule has 2 heteroatoms. The van der Waals surface area contributed by atoms with E-state index >= 15 is 0 Å². The minimum absolute atomic E-state index is 0.269. The fourth-order valence-corrected chi connectivity index (χ4v) is 10.4. The van der Waals surface area contributed by atoms with Crippen LogP contribution in [0.2, 0.25) is 0 Å². The second kappa shape index (κ2) is 12.4. The summed E-state index contributed by atoms with van der Waals surface area (Å²) in [7, 11) is -0.827. The molecule has 0 N–H and O–H groups in total. The molecule has 0 spiro atoms. The van der Waals surface area contributed by atoms with Gasteiger partial charge in [0.05, 0.1) is 0 Å². The first-order valence-electron chi connectivity index (χ1n) is 12.4. The summed E-state index contributed by atoms with van der Waals surface area (Å²) in [6.45, 7) is 4.90. The lowest BCUT2D eigenvalue weighted by atomic mass is 9.89. The van der Waals surface area contributed by atoms with Gasteiger partial charge in [-0.15, -0.1) is 0 Å². The summed E-state index contributed by atoms with van der Waals surface area (Å²) in [5, 5.41) is 5.98. The zero-order valence-electron chi connectivity index (χ0n) is 20.5. The molecule has 4 aromatic rings. The van der Waals surface area contributed by atoms with Crippen LogP contribution in [0.5, 0.6) is 0 Å². The molecule has 0 aliphatic carbocycles. The lowest BCUT2D eigenvalue weighted by Crippen LogP contribution is -2.32. The average molecular weight is 483 g/mol. The minimum atomic E-state index is -0.413. The first kappa shape index (κ1) is 24.9. The van der Waals surface area contributed by atoms with Gasteiger partial charge in [0.1, 0.15) is 0 Å². The van der Waals surface area contributed by atoms with Gasteiger partial charge in [-0.1, -0.05) is 148 Å². The molecule has 0 aromatic heterocycles. The van der Waals surface area contributed by atoms with E-state index in [1.54, 1.807) is 0 Å². The van der Waals surface area contributed by atoms with E-state index in [0.717, 1.165) is 0 Å². The van der Waals surface area contributed by atoms with E-state index in [2.05, 4.69) is 135 Å². The molecule has 0 heterocycles. The summed E-state index contributed by atoms with van der Waals surface area (Å²) < 4.78 is 0. The highest BCUT2D eigenvalue weighted by atomic mass is 31.1. The van der Waals surface area contributed by atoms with Gasteiger partial charge in [0.15, 0.2) is 0 Å². The van der Waals surface area contributed by atoms with E-state index in [0.29, 0.717) is 0 Å². The highest BCUT2D eigenvalue weighted by molar-refractivity contribution is 7.74. The van der Waals surface area contributed by atoms with Gasteiger partial charge in [0.2, 0.25) is 0 Å². The van der Waals surface area contributed by atoms with Crippen LogP contribution in [0.1, 0.15) is 33.1 Å². The van der Waals surface area contributed by atoms with Crippen molar-refractivity contribution in [2.24, 2.45) is 5.41 Å². The van der Waals surface area contributed by atoms with Crippen LogP contribution in [0.4, 0.5) is 0 Å². The summed E-state index contributed by atoms with van der Waals surface area (Å²) in [5.74, 6) is 0. The fraction of sp³-hybridized carbons (Fsp3) is 0.250. The Morgan fingerprint density at radius 3 is 1.06 bits per heavy atom. The Bertz CT molecular complexity index is 931. The highest BCUT2D eigenvalue weighted by Gasteiger charge is 2.33. The predicted octanol–water partition coefficient (Wildman–Crippen LogP) is 7.45. The zero-order valence-corrected chi connectivity index (χ0v) is 22.3. The number of hydrogen-bond donors (Lipinski definition) is 0. The van der Waals surface area contributed by atoms with Gasteiger partial charge < -0.3 is 0 Å². The standard InChI is InChI=1S/C32H36P2/c1-3-4-25-32(2,26-33(28-17-9-5-10-18-28)29-19-11-6-12-20-29)27-34(30-21-13-7-14-22-30)31-23-15-8-16-24-31/h5-24H,3-4,25-27H2,1-2H3. The third kappa shape index (κ3) is 6.66. The molecule has 0 aliphatic rings. The van der Waals surface area contributed by atoms with Crippen molar-refractivity contribution < 1.29 is 0 Å². The van der Waals surface area contributed by atoms with Gasteiger partial charge in [-0.05, 0) is 61.2 Å². The summed E-state index contributed by atoms with van der Waals surface area (Å²) >= 11 is 0. The van der Waals surface area contributed by atoms with E-state index in [-0.39, 0.29) is 5.41 Å². The van der Waals surface area contributed by atoms with E-state index in [4.69, 9.17) is 0 Å². The Morgan fingerprint density at radius 1 is 0.500 bits per heavy atom. The van der Waals surface area contributed by atoms with Gasteiger partial charge in [-0.3, -0.25) is 0 Å². The summed E-state index contributed by atoms with van der Waals surface area (Å²) in [6, 6.07) is 45.0. The molecule has 0 saturated heterocycles. The Hall–Kier alpha value is -2.26. The van der Waals surface area contributed by atoms with Crippen molar-refractivity contribution in [1.29, 1.82) is 0 Å². The molecule has 0 aliphatic heterocycles. The summed E-state index contributed by atoms with van der Waals surface area (Å²) in [6.07, 6.45) is 6.28. The normalized spacial score (nSPS) is 11.8. The maximum atomic E-state index is 2.57. The van der Waals surface area contributed by atoms with E-state index in [9.17, 15) is 0 Å². The van der Waals surface area contributed by atoms with Gasteiger partial charge >= 0.3 is 0 Å². The first-order chi connectivity index (χ1) is 16.7. The maximum absolute atomic E-state index is 2.57. The molecule has 4 rings (SSSR count). The highest BCUT2D eigenvalue weighted by Crippen LogP contribution is 2.49. The van der Waals surface area contributed by atoms with Crippen LogP contribution in [0, 0.1) is 5.41 Å². The van der Waals surface area contributed by atoms with Gasteiger partial charge in [-0.2, -0.15) is 0 Å². The molecule has 34 heavy (non-hydrogen) atoms. The second-order valence-electron chi connectivity index (χ2n) is 9.43. The number of unbranched alkanes of at least 4 members (excludes halogenated alkanes) is 1. The third-order valence-corrected chi connectivity index (χ3v) is 12.3. The molecule has 0 fully saturated rings. The summed E-state index contributed by atoms with van der Waals surface area (Å²) in [4.78, 5) is 0. The number of rotatable bonds is 11. The van der Waals surface area contributed by atoms with Crippen LogP contribution in [0.15, 0.2) is 121 Å². The van der Waals surface area contributed by atoms with Crippen molar-refractivity contribution in [2.75, 3.05) is 12.3 Å². The number of benzene rings is 4. The molecule has 0 radical (unpaired) electrons. The van der Waals surface area contributed by atoms with Gasteiger partial charge in [0.25, 0.3) is 0 Å². The molecule has 0 unspecified atom stereocenters. The van der Waals surface area contributed by atoms with Crippen molar-refractivity contribution in [3.05, 3.63) is 121 Å². The predicted molar refractivity (Wildman–Crippen MR) is 156 cm³/mol. The first-order valence-corrected chi connectivity index (χ1v) is 15.5. The SMILES string of the molecule is CCCCC(C)(CP(c1ccccc1)c1ccccc1)CP(c1ccccc1)c1ccccc1. The van der Waals surface area contributed by atoms with Crippen molar-refractivity contribution in [3.8, 4) is 0 Å². The van der Waals surface area contributed by atoms with E-state index in [1.807, 2.05) is 0 Å². The average Bonchev–Trinajstić information content (AvgIpc) is 2.91. The monoisotopic (exact) mass is 482 g/mol. The van der Waals surface area contributed by atoms with Crippen LogP contribution in [-0.4, -0.2) is 12.3 Å². The van der Waals surface area contributed by atoms with E-state index < -0.39 is 15.8 Å². The molecule has 0 atom stereocenters. The second-order valence-corrected chi connectivity index (χ2v) is 13.8. The Balaban J connectivity index is 1.72. The molecule has 174 valence electrons. The molecular formula is C32H36P2. The molecule has 0 amide bonds. The quantitative estimate of drug-likeness (QED) is 0.195. The lowest BCUT2D eigenvalue weighted by molar-refractivity contribution is 0.378. The third-order valence-electron chi connectivity index (χ3n) is 6.49.